The number of nitrogens with two attached hydrogens (primary N) is 1. The zero-order chi connectivity index (χ0) is 13.0. The third kappa shape index (κ3) is 2.85. The molecule has 0 radical (unpaired) electrons. The summed E-state index contributed by atoms with van der Waals surface area (Å²) in [6, 6.07) is 9.55. The minimum atomic E-state index is -0.0941. The minimum absolute atomic E-state index is 0.0941. The molecule has 2 rings (SSSR count). The highest BCUT2D eigenvalue weighted by Gasteiger charge is 2.16. The number of hydrogen-bond donors (Lipinski definition) is 2. The largest absolute Gasteiger partial charge is 0.497 e. The second-order valence-electron chi connectivity index (χ2n) is 3.92. The summed E-state index contributed by atoms with van der Waals surface area (Å²) in [5.41, 5.74) is 4.70. The fraction of sp³-hybridized carbons (Fsp3) is 0.231. The van der Waals surface area contributed by atoms with Crippen LogP contribution in [0.25, 0.3) is 0 Å². The summed E-state index contributed by atoms with van der Waals surface area (Å²) in [5, 5.41) is 0.362. The predicted octanol–water partition coefficient (Wildman–Crippen LogP) is 2.69. The van der Waals surface area contributed by atoms with Crippen molar-refractivity contribution in [1.82, 2.24) is 5.43 Å². The summed E-state index contributed by atoms with van der Waals surface area (Å²) in [4.78, 5) is 0. The van der Waals surface area contributed by atoms with Gasteiger partial charge in [0.1, 0.15) is 5.75 Å². The topological polar surface area (TPSA) is 60.4 Å². The Morgan fingerprint density at radius 3 is 2.89 bits per heavy atom. The van der Waals surface area contributed by atoms with Gasteiger partial charge < -0.3 is 9.15 Å². The maximum Gasteiger partial charge on any atom is 0.197 e. The second-order valence-corrected chi connectivity index (χ2v) is 4.27. The molecule has 0 fully saturated rings. The quantitative estimate of drug-likeness (QED) is 0.645. The van der Waals surface area contributed by atoms with Gasteiger partial charge in [0.05, 0.1) is 19.4 Å². The lowest BCUT2D eigenvalue weighted by Crippen LogP contribution is -2.29. The van der Waals surface area contributed by atoms with Gasteiger partial charge in [-0.2, -0.15) is 0 Å². The number of methoxy groups -OCH3 is 1. The van der Waals surface area contributed by atoms with E-state index in [1.165, 1.54) is 0 Å². The smallest absolute Gasteiger partial charge is 0.197 e. The molecule has 1 aromatic heterocycles. The number of hydrogen-bond acceptors (Lipinski definition) is 4. The number of nitrogens with one attached hydrogen (secondary N) is 1. The molecule has 0 aliphatic heterocycles. The van der Waals surface area contributed by atoms with E-state index >= 15 is 0 Å². The molecule has 5 heteroatoms. The van der Waals surface area contributed by atoms with Gasteiger partial charge in [0.15, 0.2) is 5.22 Å². The Balaban J connectivity index is 2.18. The molecule has 0 amide bonds. The molecule has 96 valence electrons. The monoisotopic (exact) mass is 266 g/mol. The first-order valence-electron chi connectivity index (χ1n) is 5.56. The van der Waals surface area contributed by atoms with Gasteiger partial charge in [-0.25, -0.2) is 0 Å². The van der Waals surface area contributed by atoms with Crippen LogP contribution in [-0.2, 0) is 6.42 Å². The second kappa shape index (κ2) is 5.91. The van der Waals surface area contributed by atoms with Crippen molar-refractivity contribution >= 4 is 11.6 Å². The standard InChI is InChI=1S/C13H15ClN2O2/c1-17-10-4-2-3-9(7-10)8-12(16-15)11-5-6-18-13(11)14/h2-7,12,16H,8,15H2,1H3. The summed E-state index contributed by atoms with van der Waals surface area (Å²) in [6.45, 7) is 0. The van der Waals surface area contributed by atoms with Gasteiger partial charge in [-0.1, -0.05) is 12.1 Å². The summed E-state index contributed by atoms with van der Waals surface area (Å²) in [6.07, 6.45) is 2.25. The first kappa shape index (κ1) is 13.0. The molecular weight excluding hydrogens is 252 g/mol. The fourth-order valence-electron chi connectivity index (χ4n) is 1.85. The summed E-state index contributed by atoms with van der Waals surface area (Å²) in [5.74, 6) is 6.39. The van der Waals surface area contributed by atoms with Crippen molar-refractivity contribution < 1.29 is 9.15 Å². The van der Waals surface area contributed by atoms with E-state index in [1.807, 2.05) is 30.3 Å². The molecule has 0 aliphatic rings. The summed E-state index contributed by atoms with van der Waals surface area (Å²) >= 11 is 5.95. The molecule has 1 unspecified atom stereocenters. The number of halogens is 1. The Bertz CT molecular complexity index is 513. The van der Waals surface area contributed by atoms with E-state index in [0.717, 1.165) is 16.9 Å². The lowest BCUT2D eigenvalue weighted by molar-refractivity contribution is 0.414. The van der Waals surface area contributed by atoms with Gasteiger partial charge in [0, 0.05) is 5.56 Å². The molecule has 3 N–H and O–H groups in total. The van der Waals surface area contributed by atoms with E-state index in [9.17, 15) is 0 Å². The Labute approximate surface area is 111 Å². The molecule has 0 spiro atoms. The molecule has 2 aromatic rings. The van der Waals surface area contributed by atoms with Crippen LogP contribution >= 0.6 is 11.6 Å². The average molecular weight is 267 g/mol. The van der Waals surface area contributed by atoms with Crippen molar-refractivity contribution in [2.45, 2.75) is 12.5 Å². The normalized spacial score (nSPS) is 12.4. The van der Waals surface area contributed by atoms with Crippen molar-refractivity contribution in [2.75, 3.05) is 7.11 Å². The highest BCUT2D eigenvalue weighted by molar-refractivity contribution is 6.29. The van der Waals surface area contributed by atoms with E-state index < -0.39 is 0 Å². The molecule has 1 aromatic carbocycles. The van der Waals surface area contributed by atoms with Gasteiger partial charge in [-0.15, -0.1) is 0 Å². The van der Waals surface area contributed by atoms with Crippen LogP contribution in [-0.4, -0.2) is 7.11 Å². The van der Waals surface area contributed by atoms with Crippen LogP contribution in [0.3, 0.4) is 0 Å². The van der Waals surface area contributed by atoms with Gasteiger partial charge in [-0.05, 0) is 41.8 Å². The SMILES string of the molecule is COc1cccc(CC(NN)c2ccoc2Cl)c1. The molecule has 0 bridgehead atoms. The van der Waals surface area contributed by atoms with Crippen LogP contribution < -0.4 is 16.0 Å². The van der Waals surface area contributed by atoms with Crippen LogP contribution in [0, 0.1) is 0 Å². The highest BCUT2D eigenvalue weighted by atomic mass is 35.5. The zero-order valence-corrected chi connectivity index (χ0v) is 10.8. The molecular formula is C13H15ClN2O2. The predicted molar refractivity (Wildman–Crippen MR) is 70.5 cm³/mol. The first-order valence-corrected chi connectivity index (χ1v) is 5.94. The van der Waals surface area contributed by atoms with Gasteiger partial charge in [0.25, 0.3) is 0 Å². The number of rotatable bonds is 5. The zero-order valence-electron chi connectivity index (χ0n) is 10.0. The molecule has 0 aliphatic carbocycles. The van der Waals surface area contributed by atoms with Gasteiger partial charge in [0.2, 0.25) is 0 Å². The van der Waals surface area contributed by atoms with Gasteiger partial charge in [-0.3, -0.25) is 11.3 Å². The van der Waals surface area contributed by atoms with E-state index in [2.05, 4.69) is 5.43 Å². The first-order chi connectivity index (χ1) is 8.74. The Hall–Kier alpha value is -1.49. The summed E-state index contributed by atoms with van der Waals surface area (Å²) < 4.78 is 10.3. The highest BCUT2D eigenvalue weighted by Crippen LogP contribution is 2.27. The number of benzene rings is 1. The average Bonchev–Trinajstić information content (AvgIpc) is 2.82. The van der Waals surface area contributed by atoms with Crippen molar-refractivity contribution in [3.63, 3.8) is 0 Å². The van der Waals surface area contributed by atoms with E-state index in [1.54, 1.807) is 13.4 Å². The Morgan fingerprint density at radius 2 is 2.28 bits per heavy atom. The molecule has 4 nitrogen and oxygen atoms in total. The lowest BCUT2D eigenvalue weighted by atomic mass is 10.0. The van der Waals surface area contributed by atoms with Crippen LogP contribution in [0.4, 0.5) is 0 Å². The Morgan fingerprint density at radius 1 is 1.44 bits per heavy atom. The van der Waals surface area contributed by atoms with Crippen LogP contribution in [0.1, 0.15) is 17.2 Å². The molecule has 0 saturated carbocycles. The van der Waals surface area contributed by atoms with E-state index in [4.69, 9.17) is 26.6 Å². The molecule has 1 atom stereocenters. The van der Waals surface area contributed by atoms with E-state index in [-0.39, 0.29) is 6.04 Å². The fourth-order valence-corrected chi connectivity index (χ4v) is 2.09. The van der Waals surface area contributed by atoms with Crippen molar-refractivity contribution in [3.05, 3.63) is 52.9 Å². The maximum atomic E-state index is 5.95. The Kier molecular flexibility index (Phi) is 4.25. The van der Waals surface area contributed by atoms with E-state index in [0.29, 0.717) is 11.6 Å². The van der Waals surface area contributed by atoms with Crippen LogP contribution in [0.2, 0.25) is 5.22 Å². The number of ether oxygens (including phenoxy) is 1. The van der Waals surface area contributed by atoms with Crippen LogP contribution in [0.15, 0.2) is 41.0 Å². The number of hydrazine groups is 1. The van der Waals surface area contributed by atoms with Crippen molar-refractivity contribution in [1.29, 1.82) is 0 Å². The molecule has 1 heterocycles. The van der Waals surface area contributed by atoms with Crippen molar-refractivity contribution in [3.8, 4) is 5.75 Å². The maximum absolute atomic E-state index is 5.95. The van der Waals surface area contributed by atoms with Crippen LogP contribution in [0.5, 0.6) is 5.75 Å². The van der Waals surface area contributed by atoms with Crippen molar-refractivity contribution in [2.24, 2.45) is 5.84 Å². The molecule has 18 heavy (non-hydrogen) atoms. The van der Waals surface area contributed by atoms with Gasteiger partial charge >= 0.3 is 0 Å². The third-order valence-corrected chi connectivity index (χ3v) is 3.10. The third-order valence-electron chi connectivity index (χ3n) is 2.80. The number of furan rings is 1. The molecule has 0 saturated heterocycles. The lowest BCUT2D eigenvalue weighted by Gasteiger charge is -2.15. The summed E-state index contributed by atoms with van der Waals surface area (Å²) in [7, 11) is 1.64. The minimum Gasteiger partial charge on any atom is -0.497 e.